The first-order valence-electron chi connectivity index (χ1n) is 4.90. The number of thiazole rings is 1. The Hall–Kier alpha value is 0.0700. The number of hydrogen-bond donors (Lipinski definition) is 1. The van der Waals surface area contributed by atoms with Crippen molar-refractivity contribution in [1.29, 1.82) is 0 Å². The first kappa shape index (κ1) is 12.1. The summed E-state index contributed by atoms with van der Waals surface area (Å²) in [5.41, 5.74) is -0.758. The second-order valence-electron chi connectivity index (χ2n) is 3.71. The zero-order chi connectivity index (χ0) is 10.6. The molecule has 2 nitrogen and oxygen atoms in total. The molecule has 1 unspecified atom stereocenters. The lowest BCUT2D eigenvalue weighted by Crippen LogP contribution is -2.20. The van der Waals surface area contributed by atoms with E-state index in [1.165, 1.54) is 24.2 Å². The van der Waals surface area contributed by atoms with Crippen molar-refractivity contribution in [3.63, 3.8) is 0 Å². The average Bonchev–Trinajstić information content (AvgIpc) is 2.53. The van der Waals surface area contributed by atoms with Crippen molar-refractivity contribution in [2.24, 2.45) is 0 Å². The highest BCUT2D eigenvalue weighted by Crippen LogP contribution is 2.30. The summed E-state index contributed by atoms with van der Waals surface area (Å²) < 4.78 is 0.813. The van der Waals surface area contributed by atoms with E-state index in [-0.39, 0.29) is 0 Å². The smallest absolute Gasteiger partial charge is 0.125 e. The maximum atomic E-state index is 10.2. The van der Waals surface area contributed by atoms with Crippen LogP contribution in [0.2, 0.25) is 0 Å². The second kappa shape index (κ2) is 5.24. The number of aromatic nitrogens is 1. The Bertz CT molecular complexity index is 285. The fourth-order valence-electron chi connectivity index (χ4n) is 1.33. The highest BCUT2D eigenvalue weighted by atomic mass is 79.9. The molecule has 0 spiro atoms. The van der Waals surface area contributed by atoms with Crippen molar-refractivity contribution in [3.05, 3.63) is 15.0 Å². The molecule has 1 rings (SSSR count). The molecule has 0 saturated heterocycles. The zero-order valence-electron chi connectivity index (χ0n) is 8.59. The van der Waals surface area contributed by atoms with Crippen LogP contribution in [-0.2, 0) is 5.60 Å². The van der Waals surface area contributed by atoms with E-state index in [0.717, 1.165) is 22.5 Å². The van der Waals surface area contributed by atoms with Crippen LogP contribution in [0.3, 0.4) is 0 Å². The van der Waals surface area contributed by atoms with Crippen LogP contribution in [0.1, 0.15) is 44.5 Å². The Balaban J connectivity index is 2.56. The molecule has 1 aromatic rings. The molecule has 0 aliphatic rings. The zero-order valence-corrected chi connectivity index (χ0v) is 11.0. The number of nitrogens with zero attached hydrogens (tertiary/aromatic N) is 1. The van der Waals surface area contributed by atoms with Crippen molar-refractivity contribution in [2.75, 3.05) is 0 Å². The molecule has 1 N–H and O–H groups in total. The lowest BCUT2D eigenvalue weighted by molar-refractivity contribution is 0.0446. The molecular formula is C10H16BrNOS. The molecule has 1 heterocycles. The van der Waals surface area contributed by atoms with E-state index in [4.69, 9.17) is 0 Å². The predicted molar refractivity (Wildman–Crippen MR) is 63.5 cm³/mol. The Morgan fingerprint density at radius 3 is 2.79 bits per heavy atom. The van der Waals surface area contributed by atoms with E-state index in [1.54, 1.807) is 0 Å². The summed E-state index contributed by atoms with van der Waals surface area (Å²) in [6.45, 7) is 4.00. The average molecular weight is 278 g/mol. The van der Waals surface area contributed by atoms with Crippen molar-refractivity contribution >= 4 is 27.3 Å². The summed E-state index contributed by atoms with van der Waals surface area (Å²) in [5.74, 6) is 0. The Morgan fingerprint density at radius 1 is 1.57 bits per heavy atom. The number of unbranched alkanes of at least 4 members (excludes halogenated alkanes) is 2. The first-order valence-corrected chi connectivity index (χ1v) is 6.57. The van der Waals surface area contributed by atoms with Crippen LogP contribution in [0, 0.1) is 0 Å². The third-order valence-corrected chi connectivity index (χ3v) is 4.01. The van der Waals surface area contributed by atoms with Crippen LogP contribution in [0.5, 0.6) is 0 Å². The van der Waals surface area contributed by atoms with Gasteiger partial charge in [-0.05, 0) is 29.3 Å². The molecule has 80 valence electrons. The maximum Gasteiger partial charge on any atom is 0.125 e. The van der Waals surface area contributed by atoms with E-state index < -0.39 is 5.60 Å². The standard InChI is InChI=1S/C10H16BrNOS/c1-3-4-5-6-10(2,13)9-12-8(11)7-14-9/h7,13H,3-6H2,1-2H3. The van der Waals surface area contributed by atoms with E-state index in [2.05, 4.69) is 27.8 Å². The fraction of sp³-hybridized carbons (Fsp3) is 0.700. The molecule has 0 bridgehead atoms. The van der Waals surface area contributed by atoms with Gasteiger partial charge in [-0.2, -0.15) is 0 Å². The van der Waals surface area contributed by atoms with Crippen molar-refractivity contribution in [1.82, 2.24) is 4.98 Å². The minimum absolute atomic E-state index is 0.758. The van der Waals surface area contributed by atoms with Gasteiger partial charge in [0.15, 0.2) is 0 Å². The highest BCUT2D eigenvalue weighted by Gasteiger charge is 2.25. The minimum Gasteiger partial charge on any atom is -0.383 e. The summed E-state index contributed by atoms with van der Waals surface area (Å²) in [6, 6.07) is 0. The Kier molecular flexibility index (Phi) is 4.54. The molecule has 0 aromatic carbocycles. The SMILES string of the molecule is CCCCCC(C)(O)c1nc(Br)cs1. The summed E-state index contributed by atoms with van der Waals surface area (Å²) in [4.78, 5) is 4.25. The molecule has 0 saturated carbocycles. The van der Waals surface area contributed by atoms with Gasteiger partial charge in [0.2, 0.25) is 0 Å². The van der Waals surface area contributed by atoms with Crippen LogP contribution >= 0.6 is 27.3 Å². The largest absolute Gasteiger partial charge is 0.383 e. The fourth-order valence-corrected chi connectivity index (χ4v) is 2.67. The van der Waals surface area contributed by atoms with Gasteiger partial charge in [0.05, 0.1) is 0 Å². The van der Waals surface area contributed by atoms with Crippen LogP contribution in [0.25, 0.3) is 0 Å². The summed E-state index contributed by atoms with van der Waals surface area (Å²) >= 11 is 4.80. The quantitative estimate of drug-likeness (QED) is 0.833. The number of rotatable bonds is 5. The third-order valence-electron chi connectivity index (χ3n) is 2.20. The van der Waals surface area contributed by atoms with Gasteiger partial charge in [0.1, 0.15) is 15.2 Å². The number of halogens is 1. The van der Waals surface area contributed by atoms with Gasteiger partial charge < -0.3 is 5.11 Å². The molecular weight excluding hydrogens is 262 g/mol. The molecule has 1 atom stereocenters. The highest BCUT2D eigenvalue weighted by molar-refractivity contribution is 9.10. The lowest BCUT2D eigenvalue weighted by Gasteiger charge is -2.20. The van der Waals surface area contributed by atoms with Gasteiger partial charge in [0.25, 0.3) is 0 Å². The normalized spacial score (nSPS) is 15.4. The molecule has 1 aromatic heterocycles. The van der Waals surface area contributed by atoms with Crippen LogP contribution in [-0.4, -0.2) is 10.1 Å². The van der Waals surface area contributed by atoms with Crippen molar-refractivity contribution in [2.45, 2.75) is 45.1 Å². The van der Waals surface area contributed by atoms with E-state index in [0.29, 0.717) is 0 Å². The molecule has 0 fully saturated rings. The molecule has 14 heavy (non-hydrogen) atoms. The molecule has 4 heteroatoms. The van der Waals surface area contributed by atoms with Gasteiger partial charge in [-0.3, -0.25) is 0 Å². The van der Waals surface area contributed by atoms with E-state index in [1.807, 2.05) is 12.3 Å². The van der Waals surface area contributed by atoms with Crippen molar-refractivity contribution in [3.8, 4) is 0 Å². The molecule has 0 radical (unpaired) electrons. The number of hydrogen-bond acceptors (Lipinski definition) is 3. The first-order chi connectivity index (χ1) is 6.56. The third kappa shape index (κ3) is 3.33. The van der Waals surface area contributed by atoms with Gasteiger partial charge in [-0.25, -0.2) is 4.98 Å². The van der Waals surface area contributed by atoms with Gasteiger partial charge >= 0.3 is 0 Å². The summed E-state index contributed by atoms with van der Waals surface area (Å²) in [5, 5.41) is 12.9. The second-order valence-corrected chi connectivity index (χ2v) is 5.38. The topological polar surface area (TPSA) is 33.1 Å². The van der Waals surface area contributed by atoms with Crippen LogP contribution < -0.4 is 0 Å². The van der Waals surface area contributed by atoms with E-state index >= 15 is 0 Å². The molecule has 0 aliphatic carbocycles. The summed E-state index contributed by atoms with van der Waals surface area (Å²) in [6.07, 6.45) is 4.20. The molecule has 0 amide bonds. The Morgan fingerprint density at radius 2 is 2.29 bits per heavy atom. The monoisotopic (exact) mass is 277 g/mol. The Labute approximate surface area is 97.5 Å². The van der Waals surface area contributed by atoms with Crippen molar-refractivity contribution < 1.29 is 5.11 Å². The minimum atomic E-state index is -0.758. The lowest BCUT2D eigenvalue weighted by atomic mass is 9.99. The predicted octanol–water partition coefficient (Wildman–Crippen LogP) is 3.69. The van der Waals surface area contributed by atoms with Crippen LogP contribution in [0.15, 0.2) is 9.98 Å². The summed E-state index contributed by atoms with van der Waals surface area (Å²) in [7, 11) is 0. The number of aliphatic hydroxyl groups is 1. The van der Waals surface area contributed by atoms with Gasteiger partial charge in [-0.15, -0.1) is 11.3 Å². The maximum absolute atomic E-state index is 10.2. The van der Waals surface area contributed by atoms with E-state index in [9.17, 15) is 5.11 Å². The van der Waals surface area contributed by atoms with Gasteiger partial charge in [-0.1, -0.05) is 26.2 Å². The van der Waals surface area contributed by atoms with Crippen LogP contribution in [0.4, 0.5) is 0 Å². The van der Waals surface area contributed by atoms with Gasteiger partial charge in [0, 0.05) is 5.38 Å². The molecule has 0 aliphatic heterocycles.